The zero-order chi connectivity index (χ0) is 16.0. The molecule has 2 aromatic heterocycles. The third-order valence-corrected chi connectivity index (χ3v) is 4.07. The Labute approximate surface area is 136 Å². The van der Waals surface area contributed by atoms with E-state index in [9.17, 15) is 4.39 Å². The maximum absolute atomic E-state index is 14.0. The van der Waals surface area contributed by atoms with Crippen LogP contribution in [0, 0.1) is 5.82 Å². The number of hydrogen-bond acceptors (Lipinski definition) is 3. The van der Waals surface area contributed by atoms with Gasteiger partial charge in [0.15, 0.2) is 5.82 Å². The molecule has 0 bridgehead atoms. The Morgan fingerprint density at radius 3 is 2.64 bits per heavy atom. The Morgan fingerprint density at radius 1 is 1.23 bits per heavy atom. The van der Waals surface area contributed by atoms with E-state index in [2.05, 4.69) is 28.9 Å². The van der Waals surface area contributed by atoms with Crippen molar-refractivity contribution >= 4 is 34.1 Å². The molecule has 114 valence electrons. The van der Waals surface area contributed by atoms with Crippen molar-refractivity contribution in [2.24, 2.45) is 7.05 Å². The van der Waals surface area contributed by atoms with Crippen molar-refractivity contribution in [1.82, 2.24) is 19.7 Å². The van der Waals surface area contributed by atoms with Crippen LogP contribution in [0.3, 0.4) is 0 Å². The summed E-state index contributed by atoms with van der Waals surface area (Å²) < 4.78 is 15.8. The number of halogens is 3. The number of rotatable bonds is 2. The molecule has 3 aromatic rings. The summed E-state index contributed by atoms with van der Waals surface area (Å²) in [6.45, 7) is 4.17. The second-order valence-electron chi connectivity index (χ2n) is 5.32. The Kier molecular flexibility index (Phi) is 3.78. The summed E-state index contributed by atoms with van der Waals surface area (Å²) in [5, 5.41) is 5.73. The zero-order valence-electron chi connectivity index (χ0n) is 12.2. The number of aromatic nitrogens is 4. The largest absolute Gasteiger partial charge is 0.271 e. The van der Waals surface area contributed by atoms with E-state index < -0.39 is 5.82 Å². The molecule has 0 saturated carbocycles. The van der Waals surface area contributed by atoms with Crippen LogP contribution in [0.5, 0.6) is 0 Å². The number of aryl methyl sites for hydroxylation is 1. The molecule has 3 rings (SSSR count). The lowest BCUT2D eigenvalue weighted by molar-refractivity contribution is 0.618. The molecule has 0 saturated heterocycles. The van der Waals surface area contributed by atoms with Crippen LogP contribution in [0.2, 0.25) is 10.3 Å². The van der Waals surface area contributed by atoms with E-state index in [-0.39, 0.29) is 11.0 Å². The third kappa shape index (κ3) is 2.34. The second kappa shape index (κ2) is 5.48. The molecule has 7 heteroatoms. The van der Waals surface area contributed by atoms with E-state index in [4.69, 9.17) is 23.2 Å². The maximum Gasteiger partial charge on any atom is 0.223 e. The molecule has 0 spiro atoms. The van der Waals surface area contributed by atoms with Crippen molar-refractivity contribution in [2.45, 2.75) is 19.8 Å². The van der Waals surface area contributed by atoms with Crippen molar-refractivity contribution in [3.63, 3.8) is 0 Å². The van der Waals surface area contributed by atoms with Crippen molar-refractivity contribution in [1.29, 1.82) is 0 Å². The second-order valence-corrected chi connectivity index (χ2v) is 6.04. The molecule has 4 nitrogen and oxygen atoms in total. The van der Waals surface area contributed by atoms with E-state index >= 15 is 0 Å². The van der Waals surface area contributed by atoms with Crippen LogP contribution < -0.4 is 0 Å². The Balaban J connectivity index is 2.30. The normalized spacial score (nSPS) is 11.6. The molecule has 0 unspecified atom stereocenters. The van der Waals surface area contributed by atoms with Gasteiger partial charge in [0.25, 0.3) is 0 Å². The molecule has 0 aliphatic heterocycles. The average molecular weight is 339 g/mol. The zero-order valence-corrected chi connectivity index (χ0v) is 13.7. The van der Waals surface area contributed by atoms with Gasteiger partial charge in [0.1, 0.15) is 11.2 Å². The van der Waals surface area contributed by atoms with Crippen LogP contribution in [-0.2, 0) is 7.05 Å². The fourth-order valence-electron chi connectivity index (χ4n) is 2.65. The van der Waals surface area contributed by atoms with Crippen LogP contribution in [0.4, 0.5) is 4.39 Å². The number of fused-ring (bicyclic) bond motifs is 1. The highest BCUT2D eigenvalue weighted by Gasteiger charge is 2.19. The molecular formula is C15H13Cl2FN4. The molecule has 0 N–H and O–H groups in total. The molecule has 0 radical (unpaired) electrons. The molecule has 2 heterocycles. The molecule has 0 fully saturated rings. The number of nitrogens with zero attached hydrogens (tertiary/aromatic N) is 4. The predicted octanol–water partition coefficient (Wildman–Crippen LogP) is 4.60. The Bertz CT molecular complexity index is 874. The van der Waals surface area contributed by atoms with Gasteiger partial charge in [-0.3, -0.25) is 4.68 Å². The monoisotopic (exact) mass is 338 g/mol. The van der Waals surface area contributed by atoms with Crippen molar-refractivity contribution < 1.29 is 4.39 Å². The molecule has 0 aliphatic rings. The van der Waals surface area contributed by atoms with Crippen LogP contribution >= 0.6 is 23.2 Å². The molecule has 0 aliphatic carbocycles. The van der Waals surface area contributed by atoms with Crippen LogP contribution in [0.15, 0.2) is 18.3 Å². The lowest BCUT2D eigenvalue weighted by Gasteiger charge is -2.07. The lowest BCUT2D eigenvalue weighted by Crippen LogP contribution is -1.99. The van der Waals surface area contributed by atoms with Crippen LogP contribution in [-0.4, -0.2) is 19.7 Å². The van der Waals surface area contributed by atoms with Gasteiger partial charge in [-0.25, -0.2) is 14.4 Å². The van der Waals surface area contributed by atoms with Gasteiger partial charge >= 0.3 is 0 Å². The molecule has 0 amide bonds. The van der Waals surface area contributed by atoms with Gasteiger partial charge in [-0.15, -0.1) is 0 Å². The summed E-state index contributed by atoms with van der Waals surface area (Å²) in [7, 11) is 1.87. The number of benzene rings is 1. The fraction of sp³-hybridized carbons (Fsp3) is 0.267. The van der Waals surface area contributed by atoms with Crippen LogP contribution in [0.25, 0.3) is 22.2 Å². The van der Waals surface area contributed by atoms with Crippen molar-refractivity contribution in [3.8, 4) is 11.3 Å². The van der Waals surface area contributed by atoms with Crippen molar-refractivity contribution in [3.05, 3.63) is 40.1 Å². The van der Waals surface area contributed by atoms with Gasteiger partial charge in [-0.2, -0.15) is 5.10 Å². The summed E-state index contributed by atoms with van der Waals surface area (Å²) in [6.07, 6.45) is 1.03. The molecule has 0 atom stereocenters. The molecule has 22 heavy (non-hydrogen) atoms. The van der Waals surface area contributed by atoms with Gasteiger partial charge in [0.2, 0.25) is 5.28 Å². The van der Waals surface area contributed by atoms with E-state index in [1.165, 1.54) is 0 Å². The topological polar surface area (TPSA) is 43.6 Å². The standard InChI is InChI=1S/C15H13Cl2FN4/c1-7(2)14-9-5-4-8(11(16)13(9)21-22(14)3)12-10(18)6-19-15(17)20-12/h4-7H,1-3H3. The van der Waals surface area contributed by atoms with Gasteiger partial charge in [0, 0.05) is 23.7 Å². The minimum absolute atomic E-state index is 0.0311. The number of hydrogen-bond donors (Lipinski definition) is 0. The summed E-state index contributed by atoms with van der Waals surface area (Å²) in [5.74, 6) is -0.284. The first kappa shape index (κ1) is 15.2. The fourth-order valence-corrected chi connectivity index (χ4v) is 3.07. The first-order valence-corrected chi connectivity index (χ1v) is 7.49. The first-order chi connectivity index (χ1) is 10.4. The third-order valence-electron chi connectivity index (χ3n) is 3.51. The van der Waals surface area contributed by atoms with Gasteiger partial charge in [-0.05, 0) is 17.5 Å². The SMILES string of the molecule is CC(C)c1c2ccc(-c3nc(Cl)ncc3F)c(Cl)c2nn1C. The highest BCUT2D eigenvalue weighted by molar-refractivity contribution is 6.38. The summed E-state index contributed by atoms with van der Waals surface area (Å²) in [4.78, 5) is 7.55. The predicted molar refractivity (Wildman–Crippen MR) is 85.8 cm³/mol. The highest BCUT2D eigenvalue weighted by atomic mass is 35.5. The molecular weight excluding hydrogens is 326 g/mol. The van der Waals surface area contributed by atoms with E-state index in [1.54, 1.807) is 10.7 Å². The van der Waals surface area contributed by atoms with E-state index in [0.29, 0.717) is 22.0 Å². The quantitative estimate of drug-likeness (QED) is 0.641. The Morgan fingerprint density at radius 2 is 1.95 bits per heavy atom. The van der Waals surface area contributed by atoms with Gasteiger partial charge in [-0.1, -0.05) is 37.6 Å². The molecule has 1 aromatic carbocycles. The average Bonchev–Trinajstić information content (AvgIpc) is 2.79. The highest BCUT2D eigenvalue weighted by Crippen LogP contribution is 2.36. The van der Waals surface area contributed by atoms with Gasteiger partial charge in [0.05, 0.1) is 11.2 Å². The van der Waals surface area contributed by atoms with E-state index in [0.717, 1.165) is 17.3 Å². The summed E-state index contributed by atoms with van der Waals surface area (Å²) >= 11 is 12.2. The smallest absolute Gasteiger partial charge is 0.223 e. The van der Waals surface area contributed by atoms with Crippen molar-refractivity contribution in [2.75, 3.05) is 0 Å². The Hall–Kier alpha value is -1.72. The first-order valence-electron chi connectivity index (χ1n) is 6.73. The van der Waals surface area contributed by atoms with Crippen LogP contribution in [0.1, 0.15) is 25.5 Å². The summed E-state index contributed by atoms with van der Waals surface area (Å²) in [5.41, 5.74) is 2.22. The maximum atomic E-state index is 14.0. The summed E-state index contributed by atoms with van der Waals surface area (Å²) in [6, 6.07) is 3.62. The minimum Gasteiger partial charge on any atom is -0.271 e. The van der Waals surface area contributed by atoms with E-state index in [1.807, 2.05) is 13.1 Å². The lowest BCUT2D eigenvalue weighted by atomic mass is 10.0. The van der Waals surface area contributed by atoms with Gasteiger partial charge < -0.3 is 0 Å². The minimum atomic E-state index is -0.578.